The van der Waals surface area contributed by atoms with Crippen molar-refractivity contribution in [2.24, 2.45) is 5.84 Å². The van der Waals surface area contributed by atoms with Crippen LogP contribution >= 0.6 is 11.6 Å². The van der Waals surface area contributed by atoms with Crippen LogP contribution in [0.3, 0.4) is 0 Å². The van der Waals surface area contributed by atoms with Crippen molar-refractivity contribution in [1.82, 2.24) is 9.55 Å². The van der Waals surface area contributed by atoms with E-state index in [1.54, 1.807) is 36.4 Å². The Bertz CT molecular complexity index is 971. The van der Waals surface area contributed by atoms with E-state index in [1.807, 2.05) is 0 Å². The highest BCUT2D eigenvalue weighted by atomic mass is 35.5. The first-order valence-electron chi connectivity index (χ1n) is 7.01. The highest BCUT2D eigenvalue weighted by molar-refractivity contribution is 6.32. The third-order valence-electron chi connectivity index (χ3n) is 3.60. The molecule has 0 unspecified atom stereocenters. The van der Waals surface area contributed by atoms with Gasteiger partial charge in [-0.1, -0.05) is 23.7 Å². The summed E-state index contributed by atoms with van der Waals surface area (Å²) in [6, 6.07) is 10.1. The van der Waals surface area contributed by atoms with Crippen LogP contribution in [-0.2, 0) is 0 Å². The van der Waals surface area contributed by atoms with Crippen LogP contribution in [-0.4, -0.2) is 23.8 Å². The quantitative estimate of drug-likeness (QED) is 0.556. The number of rotatable bonds is 4. The summed E-state index contributed by atoms with van der Waals surface area (Å²) >= 11 is 6.22. The number of hydrogen-bond donors (Lipinski definition) is 2. The van der Waals surface area contributed by atoms with Crippen molar-refractivity contribution in [1.29, 1.82) is 0 Å². The van der Waals surface area contributed by atoms with E-state index >= 15 is 0 Å². The predicted molar refractivity (Wildman–Crippen MR) is 93.3 cm³/mol. The van der Waals surface area contributed by atoms with Crippen molar-refractivity contribution in [2.75, 3.05) is 19.6 Å². The molecule has 0 aliphatic rings. The number of para-hydroxylation sites is 1. The summed E-state index contributed by atoms with van der Waals surface area (Å²) in [7, 11) is 3.01. The minimum absolute atomic E-state index is 0.160. The van der Waals surface area contributed by atoms with Gasteiger partial charge in [0.05, 0.1) is 35.8 Å². The molecule has 2 aromatic carbocycles. The monoisotopic (exact) mass is 346 g/mol. The molecule has 0 saturated heterocycles. The van der Waals surface area contributed by atoms with E-state index in [1.165, 1.54) is 18.8 Å². The molecule has 0 bridgehead atoms. The number of fused-ring (bicyclic) bond motifs is 1. The number of methoxy groups -OCH3 is 2. The van der Waals surface area contributed by atoms with Crippen LogP contribution in [0.4, 0.5) is 5.95 Å². The Morgan fingerprint density at radius 1 is 1.17 bits per heavy atom. The average molecular weight is 347 g/mol. The molecule has 0 aliphatic carbocycles. The van der Waals surface area contributed by atoms with Crippen LogP contribution in [0.25, 0.3) is 16.6 Å². The van der Waals surface area contributed by atoms with E-state index in [0.29, 0.717) is 33.1 Å². The van der Waals surface area contributed by atoms with Gasteiger partial charge >= 0.3 is 0 Å². The number of nitrogens with one attached hydrogen (secondary N) is 1. The largest absolute Gasteiger partial charge is 0.493 e. The highest BCUT2D eigenvalue weighted by Crippen LogP contribution is 2.31. The fourth-order valence-corrected chi connectivity index (χ4v) is 2.69. The number of ether oxygens (including phenoxy) is 2. The van der Waals surface area contributed by atoms with E-state index in [4.69, 9.17) is 26.9 Å². The summed E-state index contributed by atoms with van der Waals surface area (Å²) in [6.07, 6.45) is 0. The second kappa shape index (κ2) is 6.38. The van der Waals surface area contributed by atoms with E-state index < -0.39 is 0 Å². The minimum Gasteiger partial charge on any atom is -0.493 e. The topological polar surface area (TPSA) is 91.4 Å². The number of nitrogens with two attached hydrogens (primary N) is 1. The minimum atomic E-state index is -0.331. The smallest absolute Gasteiger partial charge is 0.267 e. The van der Waals surface area contributed by atoms with Crippen LogP contribution in [0.5, 0.6) is 11.5 Å². The fraction of sp³-hybridized carbons (Fsp3) is 0.125. The van der Waals surface area contributed by atoms with Gasteiger partial charge in [-0.2, -0.15) is 0 Å². The number of hydrazine groups is 1. The molecular formula is C16H15ClN4O3. The molecule has 0 radical (unpaired) electrons. The first-order valence-corrected chi connectivity index (χ1v) is 7.38. The zero-order valence-electron chi connectivity index (χ0n) is 13.0. The van der Waals surface area contributed by atoms with Gasteiger partial charge in [-0.15, -0.1) is 0 Å². The second-order valence-corrected chi connectivity index (χ2v) is 5.30. The number of hydrogen-bond acceptors (Lipinski definition) is 6. The van der Waals surface area contributed by atoms with E-state index in [-0.39, 0.29) is 11.5 Å². The van der Waals surface area contributed by atoms with Crippen LogP contribution in [0, 0.1) is 0 Å². The van der Waals surface area contributed by atoms with Crippen molar-refractivity contribution in [2.45, 2.75) is 0 Å². The predicted octanol–water partition coefficient (Wildman–Crippen LogP) is 2.34. The lowest BCUT2D eigenvalue weighted by molar-refractivity contribution is 0.355. The van der Waals surface area contributed by atoms with Gasteiger partial charge in [0.25, 0.3) is 5.56 Å². The summed E-state index contributed by atoms with van der Waals surface area (Å²) < 4.78 is 11.8. The van der Waals surface area contributed by atoms with E-state index in [0.717, 1.165) is 0 Å². The van der Waals surface area contributed by atoms with Crippen LogP contribution in [0.15, 0.2) is 41.2 Å². The molecule has 1 aromatic heterocycles. The van der Waals surface area contributed by atoms with Gasteiger partial charge in [-0.3, -0.25) is 10.2 Å². The molecule has 0 fully saturated rings. The van der Waals surface area contributed by atoms with Gasteiger partial charge in [0, 0.05) is 6.07 Å². The van der Waals surface area contributed by atoms with Crippen LogP contribution < -0.4 is 26.3 Å². The zero-order valence-corrected chi connectivity index (χ0v) is 13.8. The number of nitrogens with zero attached hydrogens (tertiary/aromatic N) is 2. The molecule has 3 aromatic rings. The Balaban J connectivity index is 2.41. The standard InChI is InChI=1S/C16H15ClN4O3/c1-23-13-7-9-11(8-14(13)24-2)19-16(20-18)21(15(9)22)12-6-4-3-5-10(12)17/h3-8H,18H2,1-2H3,(H,19,20). The maximum atomic E-state index is 13.0. The summed E-state index contributed by atoms with van der Waals surface area (Å²) in [5, 5.41) is 0.754. The second-order valence-electron chi connectivity index (χ2n) is 4.90. The van der Waals surface area contributed by atoms with Crippen molar-refractivity contribution >= 4 is 28.5 Å². The SMILES string of the molecule is COc1cc2nc(NN)n(-c3ccccc3Cl)c(=O)c2cc1OC. The zero-order chi connectivity index (χ0) is 17.3. The maximum Gasteiger partial charge on any atom is 0.267 e. The first kappa shape index (κ1) is 16.1. The summed E-state index contributed by atoms with van der Waals surface area (Å²) in [6.45, 7) is 0. The van der Waals surface area contributed by atoms with Gasteiger partial charge in [-0.25, -0.2) is 15.4 Å². The van der Waals surface area contributed by atoms with Crippen LogP contribution in [0.2, 0.25) is 5.02 Å². The molecule has 24 heavy (non-hydrogen) atoms. The van der Waals surface area contributed by atoms with Gasteiger partial charge in [0.15, 0.2) is 11.5 Å². The molecule has 1 heterocycles. The number of nitrogen functional groups attached to an aromatic ring is 1. The molecule has 0 spiro atoms. The Morgan fingerprint density at radius 3 is 2.46 bits per heavy atom. The molecule has 3 rings (SSSR count). The average Bonchev–Trinajstić information content (AvgIpc) is 2.61. The first-order chi connectivity index (χ1) is 11.6. The molecule has 0 atom stereocenters. The lowest BCUT2D eigenvalue weighted by Gasteiger charge is -2.15. The molecule has 0 amide bonds. The summed E-state index contributed by atoms with van der Waals surface area (Å²) in [5.41, 5.74) is 3.01. The Hall–Kier alpha value is -2.77. The molecule has 8 heteroatoms. The number of anilines is 1. The number of aromatic nitrogens is 2. The Morgan fingerprint density at radius 2 is 1.83 bits per heavy atom. The van der Waals surface area contributed by atoms with Gasteiger partial charge in [0.1, 0.15) is 0 Å². The van der Waals surface area contributed by atoms with Gasteiger partial charge < -0.3 is 9.47 Å². The van der Waals surface area contributed by atoms with Crippen molar-refractivity contribution in [3.8, 4) is 17.2 Å². The van der Waals surface area contributed by atoms with E-state index in [9.17, 15) is 4.79 Å². The van der Waals surface area contributed by atoms with E-state index in [2.05, 4.69) is 10.4 Å². The molecule has 0 aliphatic heterocycles. The lowest BCUT2D eigenvalue weighted by atomic mass is 10.2. The normalized spacial score (nSPS) is 10.7. The third kappa shape index (κ3) is 2.53. The van der Waals surface area contributed by atoms with Crippen molar-refractivity contribution < 1.29 is 9.47 Å². The van der Waals surface area contributed by atoms with Gasteiger partial charge in [-0.05, 0) is 18.2 Å². The molecule has 7 nitrogen and oxygen atoms in total. The van der Waals surface area contributed by atoms with Crippen molar-refractivity contribution in [3.05, 3.63) is 51.8 Å². The molecule has 3 N–H and O–H groups in total. The Labute approximate surface area is 142 Å². The summed E-state index contributed by atoms with van der Waals surface area (Å²) in [5.74, 6) is 6.61. The lowest BCUT2D eigenvalue weighted by Crippen LogP contribution is -2.26. The third-order valence-corrected chi connectivity index (χ3v) is 3.92. The number of halogens is 1. The maximum absolute atomic E-state index is 13.0. The Kier molecular flexibility index (Phi) is 4.28. The van der Waals surface area contributed by atoms with Gasteiger partial charge in [0.2, 0.25) is 5.95 Å². The highest BCUT2D eigenvalue weighted by Gasteiger charge is 2.17. The molecule has 124 valence electrons. The summed E-state index contributed by atoms with van der Waals surface area (Å²) in [4.78, 5) is 17.4. The fourth-order valence-electron chi connectivity index (χ4n) is 2.47. The van der Waals surface area contributed by atoms with Crippen LogP contribution in [0.1, 0.15) is 0 Å². The molecular weight excluding hydrogens is 332 g/mol. The van der Waals surface area contributed by atoms with Crippen molar-refractivity contribution in [3.63, 3.8) is 0 Å². The molecule has 0 saturated carbocycles. The number of benzene rings is 2.